The molecule has 0 unspecified atom stereocenters. The summed E-state index contributed by atoms with van der Waals surface area (Å²) < 4.78 is 0. The molecule has 1 saturated carbocycles. The summed E-state index contributed by atoms with van der Waals surface area (Å²) in [6, 6.07) is 8.66. The Hall–Kier alpha value is -2.07. The number of carbonyl (C=O) groups is 1. The predicted octanol–water partition coefficient (Wildman–Crippen LogP) is 3.25. The Labute approximate surface area is 128 Å². The fraction of sp³-hybridized carbons (Fsp3) is 0.250. The van der Waals surface area contributed by atoms with Crippen LogP contribution in [0.15, 0.2) is 42.7 Å². The van der Waals surface area contributed by atoms with Crippen LogP contribution in [0.1, 0.15) is 28.8 Å². The summed E-state index contributed by atoms with van der Waals surface area (Å²) in [5.74, 6) is -0.0818. The van der Waals surface area contributed by atoms with Crippen molar-refractivity contribution in [1.82, 2.24) is 9.88 Å². The van der Waals surface area contributed by atoms with Gasteiger partial charge in [-0.3, -0.25) is 9.78 Å². The third-order valence-corrected chi connectivity index (χ3v) is 3.82. The van der Waals surface area contributed by atoms with E-state index in [1.54, 1.807) is 18.5 Å². The second-order valence-electron chi connectivity index (χ2n) is 5.19. The van der Waals surface area contributed by atoms with Crippen molar-refractivity contribution in [3.63, 3.8) is 0 Å². The van der Waals surface area contributed by atoms with Gasteiger partial charge in [0.25, 0.3) is 5.91 Å². The minimum atomic E-state index is -0.0664. The molecular formula is C16H15ClN2O2. The average molecular weight is 303 g/mol. The Balaban J connectivity index is 1.83. The van der Waals surface area contributed by atoms with Crippen LogP contribution in [0.5, 0.6) is 5.75 Å². The number of aromatic hydroxyl groups is 1. The molecule has 1 aromatic carbocycles. The molecule has 1 N–H and O–H groups in total. The Morgan fingerprint density at radius 2 is 2.19 bits per heavy atom. The normalized spacial score (nSPS) is 14.0. The second kappa shape index (κ2) is 5.74. The van der Waals surface area contributed by atoms with E-state index in [1.807, 2.05) is 17.0 Å². The van der Waals surface area contributed by atoms with E-state index in [-0.39, 0.29) is 22.7 Å². The molecule has 1 aromatic heterocycles. The van der Waals surface area contributed by atoms with Gasteiger partial charge in [-0.2, -0.15) is 0 Å². The van der Waals surface area contributed by atoms with Crippen molar-refractivity contribution in [2.75, 3.05) is 0 Å². The van der Waals surface area contributed by atoms with Crippen molar-refractivity contribution in [3.8, 4) is 5.75 Å². The molecule has 0 bridgehead atoms. The van der Waals surface area contributed by atoms with Crippen LogP contribution in [-0.4, -0.2) is 26.9 Å². The van der Waals surface area contributed by atoms with E-state index in [1.165, 1.54) is 12.1 Å². The summed E-state index contributed by atoms with van der Waals surface area (Å²) >= 11 is 5.89. The fourth-order valence-corrected chi connectivity index (χ4v) is 2.43. The summed E-state index contributed by atoms with van der Waals surface area (Å²) in [5, 5.41) is 9.65. The zero-order chi connectivity index (χ0) is 14.8. The van der Waals surface area contributed by atoms with Gasteiger partial charge in [-0.05, 0) is 42.7 Å². The molecule has 0 saturated heterocycles. The van der Waals surface area contributed by atoms with Crippen molar-refractivity contribution in [1.29, 1.82) is 0 Å². The highest BCUT2D eigenvalue weighted by molar-refractivity contribution is 6.32. The zero-order valence-corrected chi connectivity index (χ0v) is 12.1. The van der Waals surface area contributed by atoms with Crippen molar-refractivity contribution in [3.05, 3.63) is 58.9 Å². The van der Waals surface area contributed by atoms with E-state index < -0.39 is 0 Å². The lowest BCUT2D eigenvalue weighted by Crippen LogP contribution is -2.32. The topological polar surface area (TPSA) is 53.4 Å². The third-order valence-electron chi connectivity index (χ3n) is 3.52. The summed E-state index contributed by atoms with van der Waals surface area (Å²) in [6.07, 6.45) is 5.54. The largest absolute Gasteiger partial charge is 0.506 e. The summed E-state index contributed by atoms with van der Waals surface area (Å²) in [7, 11) is 0. The highest BCUT2D eigenvalue weighted by atomic mass is 35.5. The molecule has 1 fully saturated rings. The molecule has 0 aliphatic heterocycles. The molecular weight excluding hydrogens is 288 g/mol. The Kier molecular flexibility index (Phi) is 3.80. The monoisotopic (exact) mass is 302 g/mol. The van der Waals surface area contributed by atoms with E-state index in [4.69, 9.17) is 11.6 Å². The van der Waals surface area contributed by atoms with Gasteiger partial charge in [-0.1, -0.05) is 17.7 Å². The first-order chi connectivity index (χ1) is 10.1. The molecule has 1 aliphatic carbocycles. The molecule has 21 heavy (non-hydrogen) atoms. The standard InChI is InChI=1S/C16H15ClN2O2/c17-14-8-12(3-6-15(14)20)16(21)19(13-4-5-13)10-11-2-1-7-18-9-11/h1-3,6-9,13,20H,4-5,10H2. The van der Waals surface area contributed by atoms with Gasteiger partial charge in [0.1, 0.15) is 5.75 Å². The number of pyridine rings is 1. The van der Waals surface area contributed by atoms with E-state index in [2.05, 4.69) is 4.98 Å². The number of carbonyl (C=O) groups excluding carboxylic acids is 1. The van der Waals surface area contributed by atoms with Gasteiger partial charge in [0.05, 0.1) is 5.02 Å². The number of benzene rings is 1. The maximum Gasteiger partial charge on any atom is 0.254 e. The van der Waals surface area contributed by atoms with Gasteiger partial charge in [0.15, 0.2) is 0 Å². The number of halogens is 1. The summed E-state index contributed by atoms with van der Waals surface area (Å²) in [5.41, 5.74) is 1.50. The molecule has 0 radical (unpaired) electrons. The SMILES string of the molecule is O=C(c1ccc(O)c(Cl)c1)N(Cc1cccnc1)C1CC1. The van der Waals surface area contributed by atoms with Crippen molar-refractivity contribution in [2.24, 2.45) is 0 Å². The van der Waals surface area contributed by atoms with Crippen LogP contribution in [0.3, 0.4) is 0 Å². The van der Waals surface area contributed by atoms with Crippen LogP contribution in [-0.2, 0) is 6.54 Å². The van der Waals surface area contributed by atoms with Crippen LogP contribution in [0.4, 0.5) is 0 Å². The number of nitrogens with zero attached hydrogens (tertiary/aromatic N) is 2. The fourth-order valence-electron chi connectivity index (χ4n) is 2.25. The van der Waals surface area contributed by atoms with Crippen LogP contribution < -0.4 is 0 Å². The van der Waals surface area contributed by atoms with Gasteiger partial charge in [-0.25, -0.2) is 0 Å². The first-order valence-corrected chi connectivity index (χ1v) is 7.21. The molecule has 1 amide bonds. The lowest BCUT2D eigenvalue weighted by molar-refractivity contribution is 0.0730. The molecule has 108 valence electrons. The smallest absolute Gasteiger partial charge is 0.254 e. The molecule has 0 spiro atoms. The van der Waals surface area contributed by atoms with Gasteiger partial charge in [0.2, 0.25) is 0 Å². The van der Waals surface area contributed by atoms with Crippen molar-refractivity contribution < 1.29 is 9.90 Å². The average Bonchev–Trinajstić information content (AvgIpc) is 3.33. The summed E-state index contributed by atoms with van der Waals surface area (Å²) in [6.45, 7) is 0.538. The Morgan fingerprint density at radius 1 is 1.38 bits per heavy atom. The minimum absolute atomic E-state index is 0.0153. The number of hydrogen-bond donors (Lipinski definition) is 1. The summed E-state index contributed by atoms with van der Waals surface area (Å²) in [4.78, 5) is 18.6. The molecule has 5 heteroatoms. The van der Waals surface area contributed by atoms with Gasteiger partial charge in [0, 0.05) is 30.5 Å². The lowest BCUT2D eigenvalue weighted by Gasteiger charge is -2.22. The second-order valence-corrected chi connectivity index (χ2v) is 5.60. The zero-order valence-electron chi connectivity index (χ0n) is 11.4. The first-order valence-electron chi connectivity index (χ1n) is 6.83. The molecule has 1 heterocycles. The van der Waals surface area contributed by atoms with Crippen molar-refractivity contribution in [2.45, 2.75) is 25.4 Å². The quantitative estimate of drug-likeness (QED) is 0.943. The molecule has 1 aliphatic rings. The maximum atomic E-state index is 12.7. The molecule has 0 atom stereocenters. The lowest BCUT2D eigenvalue weighted by atomic mass is 10.1. The highest BCUT2D eigenvalue weighted by Gasteiger charge is 2.33. The van der Waals surface area contributed by atoms with E-state index >= 15 is 0 Å². The van der Waals surface area contributed by atoms with Crippen LogP contribution >= 0.6 is 11.6 Å². The molecule has 3 rings (SSSR count). The van der Waals surface area contributed by atoms with E-state index in [9.17, 15) is 9.90 Å². The van der Waals surface area contributed by atoms with Crippen molar-refractivity contribution >= 4 is 17.5 Å². The number of hydrogen-bond acceptors (Lipinski definition) is 3. The number of phenols is 1. The number of rotatable bonds is 4. The van der Waals surface area contributed by atoms with Crippen LogP contribution in [0, 0.1) is 0 Å². The van der Waals surface area contributed by atoms with Gasteiger partial charge < -0.3 is 10.0 Å². The first kappa shape index (κ1) is 13.9. The molecule has 4 nitrogen and oxygen atoms in total. The van der Waals surface area contributed by atoms with Crippen LogP contribution in [0.2, 0.25) is 5.02 Å². The number of aromatic nitrogens is 1. The highest BCUT2D eigenvalue weighted by Crippen LogP contribution is 2.31. The van der Waals surface area contributed by atoms with Crippen LogP contribution in [0.25, 0.3) is 0 Å². The Bertz CT molecular complexity index is 657. The van der Waals surface area contributed by atoms with E-state index in [0.29, 0.717) is 12.1 Å². The number of amides is 1. The maximum absolute atomic E-state index is 12.7. The van der Waals surface area contributed by atoms with Gasteiger partial charge in [-0.15, -0.1) is 0 Å². The number of phenolic OH excluding ortho intramolecular Hbond substituents is 1. The van der Waals surface area contributed by atoms with Gasteiger partial charge >= 0.3 is 0 Å². The third kappa shape index (κ3) is 3.16. The molecule has 2 aromatic rings. The van der Waals surface area contributed by atoms with E-state index in [0.717, 1.165) is 18.4 Å². The predicted molar refractivity (Wildman–Crippen MR) is 80.2 cm³/mol. The Morgan fingerprint density at radius 3 is 2.81 bits per heavy atom. The minimum Gasteiger partial charge on any atom is -0.506 e.